The monoisotopic (exact) mass is 450 g/mol. The van der Waals surface area contributed by atoms with Crippen LogP contribution in [0.5, 0.6) is 0 Å². The molecule has 7 heteroatoms. The fourth-order valence-corrected chi connectivity index (χ4v) is 4.94. The SMILES string of the molecule is CCCCCC(=O)NCC(=O)NCCCC[C@H]1[C@@H](CC=CCCCC(=O)O)[C@H]2CC[C@@H]1O2. The number of allylic oxidation sites excluding steroid dienone is 2. The minimum Gasteiger partial charge on any atom is -0.481 e. The molecular formula is C25H42N2O5. The minimum absolute atomic E-state index is 0.0492. The van der Waals surface area contributed by atoms with Crippen molar-refractivity contribution >= 4 is 17.8 Å². The molecule has 4 atom stereocenters. The molecule has 7 nitrogen and oxygen atoms in total. The van der Waals surface area contributed by atoms with E-state index in [0.717, 1.165) is 64.2 Å². The molecule has 0 aromatic carbocycles. The third-order valence-corrected chi connectivity index (χ3v) is 6.67. The Labute approximate surface area is 192 Å². The first-order chi connectivity index (χ1) is 15.5. The first kappa shape index (κ1) is 26.4. The smallest absolute Gasteiger partial charge is 0.303 e. The van der Waals surface area contributed by atoms with Gasteiger partial charge in [-0.3, -0.25) is 14.4 Å². The van der Waals surface area contributed by atoms with Crippen LogP contribution in [0.3, 0.4) is 0 Å². The molecule has 0 unspecified atom stereocenters. The van der Waals surface area contributed by atoms with Gasteiger partial charge in [0.25, 0.3) is 0 Å². The highest BCUT2D eigenvalue weighted by molar-refractivity contribution is 5.84. The second-order valence-electron chi connectivity index (χ2n) is 9.19. The number of nitrogens with one attached hydrogen (secondary N) is 2. The van der Waals surface area contributed by atoms with Crippen molar-refractivity contribution < 1.29 is 24.2 Å². The number of amides is 2. The third-order valence-electron chi connectivity index (χ3n) is 6.67. The number of ether oxygens (including phenoxy) is 1. The number of carbonyl (C=O) groups is 3. The van der Waals surface area contributed by atoms with E-state index >= 15 is 0 Å². The van der Waals surface area contributed by atoms with Crippen LogP contribution in [0.4, 0.5) is 0 Å². The molecule has 3 N–H and O–H groups in total. The normalized spacial score (nSPS) is 24.2. The van der Waals surface area contributed by atoms with E-state index in [4.69, 9.17) is 9.84 Å². The number of hydrogen-bond donors (Lipinski definition) is 3. The highest BCUT2D eigenvalue weighted by atomic mass is 16.5. The lowest BCUT2D eigenvalue weighted by molar-refractivity contribution is -0.137. The van der Waals surface area contributed by atoms with Crippen molar-refractivity contribution in [1.82, 2.24) is 10.6 Å². The van der Waals surface area contributed by atoms with Gasteiger partial charge in [-0.25, -0.2) is 0 Å². The predicted molar refractivity (Wildman–Crippen MR) is 124 cm³/mol. The van der Waals surface area contributed by atoms with Crippen molar-refractivity contribution in [2.45, 2.75) is 103 Å². The van der Waals surface area contributed by atoms with Crippen molar-refractivity contribution in [2.75, 3.05) is 13.1 Å². The number of hydrogen-bond acceptors (Lipinski definition) is 4. The summed E-state index contributed by atoms with van der Waals surface area (Å²) in [6.07, 6.45) is 16.7. The van der Waals surface area contributed by atoms with Crippen molar-refractivity contribution in [3.63, 3.8) is 0 Å². The Morgan fingerprint density at radius 3 is 2.44 bits per heavy atom. The number of carboxylic acids is 1. The lowest BCUT2D eigenvalue weighted by Crippen LogP contribution is -2.37. The standard InChI is InChI=1S/C25H42N2O5/c1-2-3-6-13-23(28)27-18-24(29)26-17-10-9-12-20-19(21-15-16-22(20)32-21)11-7-4-5-8-14-25(30)31/h4,7,19-22H,2-3,5-6,8-18H2,1H3,(H,26,29)(H,27,28)(H,30,31)/t19-,20+,21-,22+/m1/s1. The molecule has 182 valence electrons. The maximum atomic E-state index is 11.9. The summed E-state index contributed by atoms with van der Waals surface area (Å²) >= 11 is 0. The molecule has 2 fully saturated rings. The molecule has 32 heavy (non-hydrogen) atoms. The maximum Gasteiger partial charge on any atom is 0.303 e. The molecule has 2 bridgehead atoms. The average molecular weight is 451 g/mol. The Bertz CT molecular complexity index is 621. The number of carboxylic acid groups (broad SMARTS) is 1. The van der Waals surface area contributed by atoms with E-state index < -0.39 is 5.97 Å². The van der Waals surface area contributed by atoms with Gasteiger partial charge in [0.05, 0.1) is 18.8 Å². The van der Waals surface area contributed by atoms with Crippen LogP contribution in [0, 0.1) is 11.8 Å². The average Bonchev–Trinajstić information content (AvgIpc) is 3.36. The quantitative estimate of drug-likeness (QED) is 0.230. The zero-order valence-electron chi connectivity index (χ0n) is 19.7. The largest absolute Gasteiger partial charge is 0.481 e. The third kappa shape index (κ3) is 9.72. The van der Waals surface area contributed by atoms with Crippen LogP contribution in [0.1, 0.15) is 90.4 Å². The highest BCUT2D eigenvalue weighted by Crippen LogP contribution is 2.47. The Hall–Kier alpha value is -1.89. The Morgan fingerprint density at radius 2 is 1.69 bits per heavy atom. The van der Waals surface area contributed by atoms with Gasteiger partial charge in [-0.15, -0.1) is 0 Å². The molecule has 2 heterocycles. The zero-order valence-corrected chi connectivity index (χ0v) is 19.7. The zero-order chi connectivity index (χ0) is 23.2. The molecular weight excluding hydrogens is 408 g/mol. The van der Waals surface area contributed by atoms with Crippen LogP contribution in [0.25, 0.3) is 0 Å². The van der Waals surface area contributed by atoms with Crippen LogP contribution in [-0.2, 0) is 19.1 Å². The molecule has 2 aliphatic rings. The number of fused-ring (bicyclic) bond motifs is 2. The van der Waals surface area contributed by atoms with E-state index in [0.29, 0.717) is 43.4 Å². The predicted octanol–water partition coefficient (Wildman–Crippen LogP) is 3.96. The molecule has 0 spiro atoms. The first-order valence-corrected chi connectivity index (χ1v) is 12.6. The second-order valence-corrected chi connectivity index (χ2v) is 9.19. The van der Waals surface area contributed by atoms with Crippen molar-refractivity contribution in [2.24, 2.45) is 11.8 Å². The van der Waals surface area contributed by atoms with Crippen molar-refractivity contribution in [1.29, 1.82) is 0 Å². The van der Waals surface area contributed by atoms with E-state index in [1.807, 2.05) is 0 Å². The topological polar surface area (TPSA) is 105 Å². The van der Waals surface area contributed by atoms with Gasteiger partial charge in [-0.05, 0) is 63.2 Å². The van der Waals surface area contributed by atoms with Gasteiger partial charge in [0.15, 0.2) is 0 Å². The number of aliphatic carboxylic acids is 1. The van der Waals surface area contributed by atoms with Gasteiger partial charge in [0.1, 0.15) is 0 Å². The summed E-state index contributed by atoms with van der Waals surface area (Å²) in [6.45, 7) is 2.80. The van der Waals surface area contributed by atoms with Crippen molar-refractivity contribution in [3.8, 4) is 0 Å². The van der Waals surface area contributed by atoms with Gasteiger partial charge in [-0.2, -0.15) is 0 Å². The van der Waals surface area contributed by atoms with E-state index in [1.54, 1.807) is 0 Å². The van der Waals surface area contributed by atoms with Gasteiger partial charge in [0.2, 0.25) is 11.8 Å². The first-order valence-electron chi connectivity index (χ1n) is 12.6. The summed E-state index contributed by atoms with van der Waals surface area (Å²) in [6, 6.07) is 0. The Morgan fingerprint density at radius 1 is 0.906 bits per heavy atom. The molecule has 0 aliphatic carbocycles. The van der Waals surface area contributed by atoms with E-state index in [2.05, 4.69) is 29.7 Å². The highest BCUT2D eigenvalue weighted by Gasteiger charge is 2.47. The van der Waals surface area contributed by atoms with Crippen LogP contribution < -0.4 is 10.6 Å². The van der Waals surface area contributed by atoms with Crippen LogP contribution in [-0.4, -0.2) is 48.2 Å². The number of unbranched alkanes of at least 4 members (excludes halogenated alkanes) is 4. The van der Waals surface area contributed by atoms with Gasteiger partial charge in [-0.1, -0.05) is 38.3 Å². The Balaban J connectivity index is 1.57. The molecule has 0 aromatic rings. The second kappa shape index (κ2) is 15.0. The van der Waals surface area contributed by atoms with Crippen LogP contribution >= 0.6 is 0 Å². The maximum absolute atomic E-state index is 11.9. The summed E-state index contributed by atoms with van der Waals surface area (Å²) in [7, 11) is 0. The lowest BCUT2D eigenvalue weighted by atomic mass is 9.75. The number of carbonyl (C=O) groups excluding carboxylic acids is 2. The minimum atomic E-state index is -0.733. The van der Waals surface area contributed by atoms with Gasteiger partial charge >= 0.3 is 5.97 Å². The Kier molecular flexibility index (Phi) is 12.4. The van der Waals surface area contributed by atoms with Crippen LogP contribution in [0.15, 0.2) is 12.2 Å². The molecule has 0 saturated carbocycles. The van der Waals surface area contributed by atoms with E-state index in [9.17, 15) is 14.4 Å². The molecule has 2 rings (SSSR count). The lowest BCUT2D eigenvalue weighted by Gasteiger charge is -2.27. The number of rotatable bonds is 17. The molecule has 2 amide bonds. The summed E-state index contributed by atoms with van der Waals surface area (Å²) in [5.74, 6) is 0.232. The molecule has 0 aromatic heterocycles. The summed E-state index contributed by atoms with van der Waals surface area (Å²) in [5, 5.41) is 14.3. The molecule has 2 saturated heterocycles. The summed E-state index contributed by atoms with van der Waals surface area (Å²) < 4.78 is 6.17. The summed E-state index contributed by atoms with van der Waals surface area (Å²) in [5.41, 5.74) is 0. The summed E-state index contributed by atoms with van der Waals surface area (Å²) in [4.78, 5) is 34.1. The molecule has 2 aliphatic heterocycles. The van der Waals surface area contributed by atoms with Gasteiger partial charge < -0.3 is 20.5 Å². The van der Waals surface area contributed by atoms with E-state index in [1.165, 1.54) is 0 Å². The van der Waals surface area contributed by atoms with Crippen molar-refractivity contribution in [3.05, 3.63) is 12.2 Å². The van der Waals surface area contributed by atoms with Gasteiger partial charge in [0, 0.05) is 19.4 Å². The van der Waals surface area contributed by atoms with Crippen LogP contribution in [0.2, 0.25) is 0 Å². The fourth-order valence-electron chi connectivity index (χ4n) is 4.94. The van der Waals surface area contributed by atoms with E-state index in [-0.39, 0.29) is 24.8 Å². The molecule has 0 radical (unpaired) electrons. The fraction of sp³-hybridized carbons (Fsp3) is 0.800.